The number of phosphoric acid groups is 2. The van der Waals surface area contributed by atoms with Crippen molar-refractivity contribution in [1.82, 2.24) is 9.55 Å². The summed E-state index contributed by atoms with van der Waals surface area (Å²) >= 11 is 0. The van der Waals surface area contributed by atoms with E-state index in [1.54, 1.807) is 0 Å². The highest BCUT2D eigenvalue weighted by Gasteiger charge is 2.46. The number of ether oxygens (including phenoxy) is 3. The second kappa shape index (κ2) is 37.1. The largest absolute Gasteiger partial charge is 0.481 e. The monoisotopic (exact) mass is 1010 g/mol. The molecule has 1 saturated heterocycles. The zero-order valence-electron chi connectivity index (χ0n) is 40.9. The molecule has 68 heavy (non-hydrogen) atoms. The van der Waals surface area contributed by atoms with E-state index in [0.717, 1.165) is 94.5 Å². The Balaban J connectivity index is 1.81. The fraction of sp³-hybridized carbons (Fsp3) is 0.792. The van der Waals surface area contributed by atoms with Crippen LogP contribution in [0.4, 0.5) is 5.82 Å². The van der Waals surface area contributed by atoms with Gasteiger partial charge in [0.15, 0.2) is 12.3 Å². The Morgan fingerprint density at radius 1 is 0.691 bits per heavy atom. The zero-order valence-corrected chi connectivity index (χ0v) is 42.7. The summed E-state index contributed by atoms with van der Waals surface area (Å²) in [6.07, 6.45) is 31.1. The number of allylic oxidation sites excluding steroid dienone is 4. The SMILES string of the molecule is CCCCCCC=CCCCCCCCCCC(=O)O[C@H](COC(=O)CCCCCCCC=CCCCCCCCC)COP(=O)(O)OP(=O)(O)OC[C@H]1O[C@@H](n2ccc(N)nc2=O)C(O)[C@H]1O. The van der Waals surface area contributed by atoms with Gasteiger partial charge in [-0.25, -0.2) is 13.9 Å². The van der Waals surface area contributed by atoms with Crippen LogP contribution in [0, 0.1) is 0 Å². The molecule has 0 saturated carbocycles. The van der Waals surface area contributed by atoms with Crippen LogP contribution in [0.2, 0.25) is 0 Å². The second-order valence-corrected chi connectivity index (χ2v) is 20.7. The molecule has 2 heterocycles. The number of nitrogen functional groups attached to an aromatic ring is 1. The maximum atomic E-state index is 12.8. The van der Waals surface area contributed by atoms with E-state index in [4.69, 9.17) is 29.0 Å². The van der Waals surface area contributed by atoms with Gasteiger partial charge < -0.3 is 39.9 Å². The number of carbonyl (C=O) groups excluding carboxylic acids is 2. The number of anilines is 1. The molecule has 1 aliphatic rings. The minimum absolute atomic E-state index is 0.0451. The number of aliphatic hydroxyl groups is 2. The summed E-state index contributed by atoms with van der Waals surface area (Å²) in [7, 11) is -10.8. The number of nitrogens with zero attached hydrogens (tertiary/aromatic N) is 2. The molecule has 1 aliphatic heterocycles. The van der Waals surface area contributed by atoms with Crippen molar-refractivity contribution < 1.29 is 66.3 Å². The van der Waals surface area contributed by atoms with E-state index in [2.05, 4.69) is 47.4 Å². The van der Waals surface area contributed by atoms with Crippen LogP contribution in [0.3, 0.4) is 0 Å². The number of rotatable bonds is 42. The summed E-state index contributed by atoms with van der Waals surface area (Å²) in [5.41, 5.74) is 4.59. The van der Waals surface area contributed by atoms with Gasteiger partial charge in [-0.1, -0.05) is 141 Å². The number of hydrogen-bond donors (Lipinski definition) is 5. The van der Waals surface area contributed by atoms with Crippen LogP contribution >= 0.6 is 15.6 Å². The van der Waals surface area contributed by atoms with Crippen LogP contribution in [0.1, 0.15) is 200 Å². The first-order valence-electron chi connectivity index (χ1n) is 25.3. The quantitative estimate of drug-likeness (QED) is 0.0176. The van der Waals surface area contributed by atoms with Crippen LogP contribution in [0.15, 0.2) is 41.4 Å². The second-order valence-electron chi connectivity index (χ2n) is 17.7. The van der Waals surface area contributed by atoms with Crippen LogP contribution in [0.25, 0.3) is 0 Å². The standard InChI is InChI=1S/C48H85N3O15P2/c1-3-5-7-9-11-13-15-17-19-21-23-25-27-29-31-33-43(52)61-37-40(64-44(53)34-32-30-28-26-24-22-20-18-16-14-12-10-8-6-4-2)38-62-67(57,58)66-68(59,60)63-39-41-45(54)46(55)47(65-41)51-36-35-42(49)50-48(51)56/h14,16-17,19,35-36,40-41,45-47,54-55H,3-13,15,18,20-34,37-39H2,1-2H3,(H,57,58)(H,59,60)(H2,49,50,56)/t40-,41-,45+,46?,47-/m1/s1. The highest BCUT2D eigenvalue weighted by atomic mass is 31.3. The predicted octanol–water partition coefficient (Wildman–Crippen LogP) is 10.2. The molecule has 6 N–H and O–H groups in total. The van der Waals surface area contributed by atoms with E-state index in [0.29, 0.717) is 12.8 Å². The normalized spacial score (nSPS) is 19.6. The Morgan fingerprint density at radius 3 is 1.66 bits per heavy atom. The maximum absolute atomic E-state index is 12.8. The number of hydrogen-bond acceptors (Lipinski definition) is 15. The van der Waals surface area contributed by atoms with Crippen molar-refractivity contribution in [3.05, 3.63) is 47.1 Å². The fourth-order valence-electron chi connectivity index (χ4n) is 7.54. The number of nitrogens with two attached hydrogens (primary N) is 1. The van der Waals surface area contributed by atoms with Gasteiger partial charge in [0, 0.05) is 19.0 Å². The first-order chi connectivity index (χ1) is 32.7. The highest BCUT2D eigenvalue weighted by Crippen LogP contribution is 2.60. The molecule has 1 aromatic heterocycles. The summed E-state index contributed by atoms with van der Waals surface area (Å²) < 4.78 is 56.8. The lowest BCUT2D eigenvalue weighted by Crippen LogP contribution is -2.36. The van der Waals surface area contributed by atoms with Crippen molar-refractivity contribution in [3.63, 3.8) is 0 Å². The molecule has 0 aromatic carbocycles. The zero-order chi connectivity index (χ0) is 49.9. The van der Waals surface area contributed by atoms with E-state index >= 15 is 0 Å². The molecule has 0 bridgehead atoms. The molecular formula is C48H85N3O15P2. The third kappa shape index (κ3) is 29.4. The van der Waals surface area contributed by atoms with Gasteiger partial charge in [0.05, 0.1) is 13.2 Å². The van der Waals surface area contributed by atoms with Gasteiger partial charge in [-0.15, -0.1) is 0 Å². The van der Waals surface area contributed by atoms with Crippen molar-refractivity contribution in [2.75, 3.05) is 25.6 Å². The van der Waals surface area contributed by atoms with Gasteiger partial charge in [0.1, 0.15) is 30.7 Å². The van der Waals surface area contributed by atoms with Crippen molar-refractivity contribution in [3.8, 4) is 0 Å². The third-order valence-corrected chi connectivity index (χ3v) is 14.1. The van der Waals surface area contributed by atoms with Crippen LogP contribution < -0.4 is 11.4 Å². The molecule has 0 spiro atoms. The highest BCUT2D eigenvalue weighted by molar-refractivity contribution is 7.61. The molecule has 0 amide bonds. The fourth-order valence-corrected chi connectivity index (χ4v) is 9.65. The van der Waals surface area contributed by atoms with Gasteiger partial charge in [0.2, 0.25) is 0 Å². The summed E-state index contributed by atoms with van der Waals surface area (Å²) in [5.74, 6) is -1.30. The van der Waals surface area contributed by atoms with Gasteiger partial charge in [-0.2, -0.15) is 9.29 Å². The average Bonchev–Trinajstić information content (AvgIpc) is 3.57. The van der Waals surface area contributed by atoms with Crippen LogP contribution in [-0.2, 0) is 46.3 Å². The van der Waals surface area contributed by atoms with E-state index < -0.39 is 83.7 Å². The minimum Gasteiger partial charge on any atom is -0.462 e. The molecule has 1 aromatic rings. The van der Waals surface area contributed by atoms with Crippen molar-refractivity contribution in [2.45, 2.75) is 224 Å². The first-order valence-corrected chi connectivity index (χ1v) is 28.3. The van der Waals surface area contributed by atoms with Gasteiger partial charge in [0.25, 0.3) is 0 Å². The number of aromatic nitrogens is 2. The topological polar surface area (TPSA) is 265 Å². The van der Waals surface area contributed by atoms with E-state index in [-0.39, 0.29) is 18.7 Å². The van der Waals surface area contributed by atoms with E-state index in [1.807, 2.05) is 0 Å². The smallest absolute Gasteiger partial charge is 0.462 e. The van der Waals surface area contributed by atoms with Gasteiger partial charge in [-0.05, 0) is 70.3 Å². The van der Waals surface area contributed by atoms with E-state index in [9.17, 15) is 43.5 Å². The van der Waals surface area contributed by atoms with Gasteiger partial charge >= 0.3 is 33.3 Å². The number of unbranched alkanes of at least 4 members (excludes halogenated alkanes) is 22. The number of esters is 2. The molecule has 7 atom stereocenters. The lowest BCUT2D eigenvalue weighted by Gasteiger charge is -2.21. The first kappa shape index (κ1) is 61.4. The average molecular weight is 1010 g/mol. The Morgan fingerprint density at radius 2 is 1.15 bits per heavy atom. The van der Waals surface area contributed by atoms with Crippen LogP contribution in [-0.4, -0.2) is 85.7 Å². The summed E-state index contributed by atoms with van der Waals surface area (Å²) in [5, 5.41) is 20.9. The Hall–Kier alpha value is -2.76. The molecule has 3 unspecified atom stereocenters. The summed E-state index contributed by atoms with van der Waals surface area (Å²) in [6.45, 7) is 2.14. The maximum Gasteiger partial charge on any atom is 0.481 e. The Bertz CT molecular complexity index is 1730. The van der Waals surface area contributed by atoms with Crippen LogP contribution in [0.5, 0.6) is 0 Å². The summed E-state index contributed by atoms with van der Waals surface area (Å²) in [4.78, 5) is 61.9. The number of aliphatic hydroxyl groups excluding tert-OH is 2. The molecule has 392 valence electrons. The minimum atomic E-state index is -5.42. The molecule has 18 nitrogen and oxygen atoms in total. The Kier molecular flexibility index (Phi) is 33.5. The molecule has 0 radical (unpaired) electrons. The Labute approximate surface area is 405 Å². The molecular weight excluding hydrogens is 920 g/mol. The molecule has 20 heteroatoms. The van der Waals surface area contributed by atoms with Gasteiger partial charge in [-0.3, -0.25) is 23.2 Å². The lowest BCUT2D eigenvalue weighted by molar-refractivity contribution is -0.161. The predicted molar refractivity (Wildman–Crippen MR) is 261 cm³/mol. The van der Waals surface area contributed by atoms with Crippen molar-refractivity contribution in [1.29, 1.82) is 0 Å². The summed E-state index contributed by atoms with van der Waals surface area (Å²) in [6, 6.07) is 1.25. The third-order valence-electron chi connectivity index (χ3n) is 11.5. The lowest BCUT2D eigenvalue weighted by atomic mass is 10.1. The van der Waals surface area contributed by atoms with Crippen molar-refractivity contribution in [2.24, 2.45) is 0 Å². The molecule has 2 rings (SSSR count). The molecule has 0 aliphatic carbocycles. The number of phosphoric ester groups is 2. The number of carbonyl (C=O) groups is 2. The van der Waals surface area contributed by atoms with E-state index in [1.165, 1.54) is 76.5 Å². The van der Waals surface area contributed by atoms with Crippen molar-refractivity contribution >= 4 is 33.4 Å². The molecule has 1 fully saturated rings.